The van der Waals surface area contributed by atoms with E-state index in [1.807, 2.05) is 33.9 Å². The second-order valence-corrected chi connectivity index (χ2v) is 9.03. The van der Waals surface area contributed by atoms with Gasteiger partial charge in [-0.3, -0.25) is 0 Å². The van der Waals surface area contributed by atoms with E-state index in [9.17, 15) is 9.59 Å². The minimum atomic E-state index is -0.829. The van der Waals surface area contributed by atoms with E-state index in [1.165, 1.54) is 0 Å². The highest BCUT2D eigenvalue weighted by Crippen LogP contribution is 2.18. The minimum absolute atomic E-state index is 0.0321. The molecule has 0 fully saturated rings. The number of hydrogen-bond acceptors (Lipinski definition) is 2. The van der Waals surface area contributed by atoms with Gasteiger partial charge in [0.25, 0.3) is 0 Å². The maximum atomic E-state index is 12.7. The molecule has 0 unspecified atom stereocenters. The molecule has 0 rings (SSSR count). The lowest BCUT2D eigenvalue weighted by Gasteiger charge is -2.43. The molecule has 0 saturated heterocycles. The molecule has 0 bridgehead atoms. The van der Waals surface area contributed by atoms with Gasteiger partial charge in [-0.25, -0.2) is 18.6 Å². The predicted octanol–water partition coefficient (Wildman–Crippen LogP) is 1.75. The molecule has 0 aromatic rings. The number of rotatable bonds is 10. The first kappa shape index (κ1) is 22.8. The fourth-order valence-electron chi connectivity index (χ4n) is 2.82. The summed E-state index contributed by atoms with van der Waals surface area (Å²) in [7, 11) is 6.73. The van der Waals surface area contributed by atoms with Crippen LogP contribution in [-0.2, 0) is 0 Å². The van der Waals surface area contributed by atoms with E-state index in [4.69, 9.17) is 0 Å². The van der Waals surface area contributed by atoms with Crippen LogP contribution in [0, 0.1) is 0 Å². The van der Waals surface area contributed by atoms with Crippen LogP contribution in [0.5, 0.6) is 0 Å². The number of carbonyl (C=O) groups is 2. The van der Waals surface area contributed by atoms with Gasteiger partial charge in [-0.15, -0.1) is 6.58 Å². The Labute approximate surface area is 150 Å². The van der Waals surface area contributed by atoms with Crippen molar-refractivity contribution in [2.24, 2.45) is 0 Å². The third-order valence-electron chi connectivity index (χ3n) is 4.53. The van der Waals surface area contributed by atoms with Crippen molar-refractivity contribution in [3.05, 3.63) is 12.3 Å². The summed E-state index contributed by atoms with van der Waals surface area (Å²) < 4.78 is 0.298. The highest BCUT2D eigenvalue weighted by molar-refractivity contribution is 6.43. The number of urea groups is 2. The molecule has 6 nitrogen and oxygen atoms in total. The van der Waals surface area contributed by atoms with Gasteiger partial charge < -0.3 is 10.6 Å². The molecule has 0 atom stereocenters. The molecule has 0 heterocycles. The number of nitrogens with zero attached hydrogens (tertiary/aromatic N) is 2. The van der Waals surface area contributed by atoms with Crippen molar-refractivity contribution in [1.29, 1.82) is 0 Å². The Kier molecular flexibility index (Phi) is 10.1. The normalized spacial score (nSPS) is 12.6. The van der Waals surface area contributed by atoms with Crippen LogP contribution in [-0.4, -0.2) is 77.6 Å². The Bertz CT molecular complexity index is 391. The highest BCUT2D eigenvalue weighted by atomic mass is 28.2. The van der Waals surface area contributed by atoms with Gasteiger partial charge in [0, 0.05) is 13.1 Å². The number of amides is 4. The van der Waals surface area contributed by atoms with Crippen LogP contribution in [0.3, 0.4) is 0 Å². The minimum Gasteiger partial charge on any atom is -0.305 e. The zero-order chi connectivity index (χ0) is 18.8. The standard InChI is InChI=1S/C17H36N4O2Si/c1-8-11-13-18-15(22)20(4,5)17(24-10-3)21(6,7)16(23)19-14-12-9-2/h10,17H,3,8-9,11-14,24H2,1-2,4-7H3/p+2. The van der Waals surface area contributed by atoms with Crippen molar-refractivity contribution in [2.75, 3.05) is 41.3 Å². The Morgan fingerprint density at radius 2 is 1.33 bits per heavy atom. The fourth-order valence-corrected chi connectivity index (χ4v) is 4.50. The number of quaternary nitrogens is 2. The lowest BCUT2D eigenvalue weighted by Crippen LogP contribution is -2.73. The van der Waals surface area contributed by atoms with Gasteiger partial charge >= 0.3 is 12.1 Å². The molecule has 0 aliphatic heterocycles. The van der Waals surface area contributed by atoms with Crippen molar-refractivity contribution < 1.29 is 18.6 Å². The summed E-state index contributed by atoms with van der Waals surface area (Å²) in [6, 6.07) is -0.0642. The lowest BCUT2D eigenvalue weighted by atomic mass is 10.3. The third kappa shape index (κ3) is 6.37. The van der Waals surface area contributed by atoms with Gasteiger partial charge in [-0.1, -0.05) is 32.4 Å². The molecular weight excluding hydrogens is 320 g/mol. The Hall–Kier alpha value is -1.18. The Morgan fingerprint density at radius 3 is 1.62 bits per heavy atom. The molecule has 140 valence electrons. The number of carbonyl (C=O) groups excluding carboxylic acids is 2. The van der Waals surface area contributed by atoms with E-state index in [-0.39, 0.29) is 26.8 Å². The van der Waals surface area contributed by atoms with Gasteiger partial charge in [0.05, 0.1) is 28.2 Å². The van der Waals surface area contributed by atoms with E-state index in [2.05, 4.69) is 31.1 Å². The number of unbranched alkanes of at least 4 members (excludes halogenated alkanes) is 2. The van der Waals surface area contributed by atoms with Gasteiger partial charge in [0.1, 0.15) is 0 Å². The molecule has 0 aromatic carbocycles. The van der Waals surface area contributed by atoms with E-state index in [0.29, 0.717) is 13.1 Å². The van der Waals surface area contributed by atoms with Crippen LogP contribution in [0.2, 0.25) is 0 Å². The van der Waals surface area contributed by atoms with Crippen molar-refractivity contribution >= 4 is 21.6 Å². The molecule has 7 heteroatoms. The van der Waals surface area contributed by atoms with Gasteiger partial charge in [-0.05, 0) is 12.8 Å². The van der Waals surface area contributed by atoms with E-state index >= 15 is 0 Å². The smallest absolute Gasteiger partial charge is 0.305 e. The number of hydrogen-bond donors (Lipinski definition) is 2. The summed E-state index contributed by atoms with van der Waals surface area (Å²) in [5.41, 5.74) is 1.92. The quantitative estimate of drug-likeness (QED) is 0.271. The van der Waals surface area contributed by atoms with Crippen LogP contribution >= 0.6 is 0 Å². The van der Waals surface area contributed by atoms with Crippen LogP contribution < -0.4 is 10.6 Å². The van der Waals surface area contributed by atoms with E-state index in [0.717, 1.165) is 25.7 Å². The molecule has 0 aliphatic rings. The SMILES string of the molecule is C=C[SiH2]C([N+](C)(C)C(=O)NCCCC)[N+](C)(C)C(=O)NCCCC. The van der Waals surface area contributed by atoms with Crippen molar-refractivity contribution in [3.8, 4) is 0 Å². The van der Waals surface area contributed by atoms with Crippen LogP contribution in [0.1, 0.15) is 39.5 Å². The summed E-state index contributed by atoms with van der Waals surface area (Å²) in [6.07, 6.45) is 4.01. The monoisotopic (exact) mass is 358 g/mol. The fraction of sp³-hybridized carbons (Fsp3) is 0.765. The van der Waals surface area contributed by atoms with Crippen molar-refractivity contribution in [2.45, 2.75) is 45.3 Å². The molecule has 0 radical (unpaired) electrons. The second kappa shape index (κ2) is 10.6. The molecule has 0 aliphatic carbocycles. The summed E-state index contributed by atoms with van der Waals surface area (Å²) in [5, 5.41) is 6.01. The Balaban J connectivity index is 5.23. The predicted molar refractivity (Wildman–Crippen MR) is 103 cm³/mol. The average molecular weight is 359 g/mol. The summed E-state index contributed by atoms with van der Waals surface area (Å²) >= 11 is 0. The molecule has 0 spiro atoms. The van der Waals surface area contributed by atoms with Gasteiger partial charge in [-0.2, -0.15) is 0 Å². The van der Waals surface area contributed by atoms with Crippen molar-refractivity contribution in [1.82, 2.24) is 10.6 Å². The van der Waals surface area contributed by atoms with E-state index < -0.39 is 9.52 Å². The molecule has 4 amide bonds. The summed E-state index contributed by atoms with van der Waals surface area (Å²) in [4.78, 5) is 25.4. The average Bonchev–Trinajstić information content (AvgIpc) is 2.52. The first-order valence-corrected chi connectivity index (χ1v) is 10.6. The van der Waals surface area contributed by atoms with Crippen LogP contribution in [0.25, 0.3) is 0 Å². The first-order chi connectivity index (χ1) is 11.2. The third-order valence-corrected chi connectivity index (χ3v) is 7.11. The van der Waals surface area contributed by atoms with E-state index in [1.54, 1.807) is 0 Å². The maximum absolute atomic E-state index is 12.7. The van der Waals surface area contributed by atoms with Crippen molar-refractivity contribution in [3.63, 3.8) is 0 Å². The summed E-state index contributed by atoms with van der Waals surface area (Å²) in [5.74, 6) is -0.106. The molecular formula is C17H38N4O2Si+2. The molecule has 0 aromatic heterocycles. The highest BCUT2D eigenvalue weighted by Gasteiger charge is 2.49. The zero-order valence-corrected chi connectivity index (χ0v) is 17.9. The van der Waals surface area contributed by atoms with Crippen LogP contribution in [0.15, 0.2) is 12.3 Å². The first-order valence-electron chi connectivity index (χ1n) is 9.01. The van der Waals surface area contributed by atoms with Gasteiger partial charge in [0.2, 0.25) is 5.79 Å². The Morgan fingerprint density at radius 1 is 0.958 bits per heavy atom. The molecule has 24 heavy (non-hydrogen) atoms. The zero-order valence-electron chi connectivity index (χ0n) is 16.5. The van der Waals surface area contributed by atoms with Crippen LogP contribution in [0.4, 0.5) is 9.59 Å². The maximum Gasteiger partial charge on any atom is 0.420 e. The van der Waals surface area contributed by atoms with Gasteiger partial charge in [0.15, 0.2) is 9.52 Å². The number of nitrogens with one attached hydrogen (secondary N) is 2. The summed E-state index contributed by atoms with van der Waals surface area (Å²) in [6.45, 7) is 9.42. The topological polar surface area (TPSA) is 58.2 Å². The lowest BCUT2D eigenvalue weighted by molar-refractivity contribution is -1.01. The largest absolute Gasteiger partial charge is 0.420 e. The second-order valence-electron chi connectivity index (χ2n) is 7.26. The molecule has 0 saturated carbocycles. The molecule has 2 N–H and O–H groups in total.